The number of methoxy groups -OCH3 is 1. The van der Waals surface area contributed by atoms with Crippen molar-refractivity contribution >= 4 is 31.9 Å². The van der Waals surface area contributed by atoms with E-state index in [4.69, 9.17) is 4.74 Å². The van der Waals surface area contributed by atoms with Crippen molar-refractivity contribution in [3.8, 4) is 5.75 Å². The van der Waals surface area contributed by atoms with Crippen LogP contribution in [0.4, 0.5) is 4.39 Å². The third-order valence-electron chi connectivity index (χ3n) is 3.43. The number of benzene rings is 2. The molecule has 0 aliphatic heterocycles. The molecule has 0 fully saturated rings. The van der Waals surface area contributed by atoms with Gasteiger partial charge in [-0.3, -0.25) is 0 Å². The Hall–Kier alpha value is -0.870. The first-order valence-electron chi connectivity index (χ1n) is 6.75. The summed E-state index contributed by atoms with van der Waals surface area (Å²) in [5, 5.41) is 0.906. The molecular formula is C17H17Br2FO. The van der Waals surface area contributed by atoms with Crippen molar-refractivity contribution in [2.24, 2.45) is 5.92 Å². The number of halogens is 3. The minimum absolute atomic E-state index is 0.212. The molecule has 1 atom stereocenters. The highest BCUT2D eigenvalue weighted by molar-refractivity contribution is 9.10. The molecule has 21 heavy (non-hydrogen) atoms. The molecule has 1 nitrogen and oxygen atoms in total. The van der Waals surface area contributed by atoms with Gasteiger partial charge in [0.05, 0.1) is 7.11 Å². The maximum Gasteiger partial charge on any atom is 0.124 e. The summed E-state index contributed by atoms with van der Waals surface area (Å²) < 4.78 is 19.1. The molecule has 0 radical (unpaired) electrons. The maximum atomic E-state index is 13.1. The molecule has 112 valence electrons. The summed E-state index contributed by atoms with van der Waals surface area (Å²) in [5.41, 5.74) is 2.41. The molecule has 0 amide bonds. The van der Waals surface area contributed by atoms with Crippen LogP contribution in [0.25, 0.3) is 0 Å². The maximum absolute atomic E-state index is 13.1. The first-order chi connectivity index (χ1) is 10.1. The monoisotopic (exact) mass is 414 g/mol. The molecule has 1 unspecified atom stereocenters. The van der Waals surface area contributed by atoms with E-state index in [1.807, 2.05) is 18.2 Å². The van der Waals surface area contributed by atoms with E-state index in [0.29, 0.717) is 5.92 Å². The van der Waals surface area contributed by atoms with Crippen molar-refractivity contribution in [3.05, 3.63) is 63.9 Å². The Bertz CT molecular complexity index is 584. The molecular weight excluding hydrogens is 399 g/mol. The van der Waals surface area contributed by atoms with Gasteiger partial charge in [-0.25, -0.2) is 4.39 Å². The lowest BCUT2D eigenvalue weighted by molar-refractivity contribution is 0.414. The largest absolute Gasteiger partial charge is 0.497 e. The molecule has 0 bridgehead atoms. The molecule has 4 heteroatoms. The van der Waals surface area contributed by atoms with Crippen molar-refractivity contribution in [1.29, 1.82) is 0 Å². The second-order valence-corrected chi connectivity index (χ2v) is 6.51. The zero-order chi connectivity index (χ0) is 15.2. The van der Waals surface area contributed by atoms with Crippen molar-refractivity contribution in [1.82, 2.24) is 0 Å². The van der Waals surface area contributed by atoms with Gasteiger partial charge >= 0.3 is 0 Å². The van der Waals surface area contributed by atoms with Crippen molar-refractivity contribution in [3.63, 3.8) is 0 Å². The van der Waals surface area contributed by atoms with Crippen LogP contribution in [0.1, 0.15) is 11.1 Å². The molecule has 0 aliphatic rings. The lowest BCUT2D eigenvalue weighted by atomic mass is 9.94. The number of ether oxygens (including phenoxy) is 1. The van der Waals surface area contributed by atoms with E-state index in [1.165, 1.54) is 17.7 Å². The smallest absolute Gasteiger partial charge is 0.124 e. The second-order valence-electron chi connectivity index (χ2n) is 5.01. The second kappa shape index (κ2) is 7.95. The number of rotatable bonds is 6. The summed E-state index contributed by atoms with van der Waals surface area (Å²) in [5.74, 6) is 1.12. The van der Waals surface area contributed by atoms with Crippen LogP contribution >= 0.6 is 31.9 Å². The van der Waals surface area contributed by atoms with Gasteiger partial charge in [0.15, 0.2) is 0 Å². The normalized spacial score (nSPS) is 12.2. The molecule has 2 rings (SSSR count). The van der Waals surface area contributed by atoms with Gasteiger partial charge in [-0.05, 0) is 54.2 Å². The van der Waals surface area contributed by atoms with E-state index in [-0.39, 0.29) is 5.82 Å². The van der Waals surface area contributed by atoms with Crippen LogP contribution in [0.15, 0.2) is 46.9 Å². The van der Waals surface area contributed by atoms with Crippen LogP contribution < -0.4 is 4.74 Å². The fourth-order valence-corrected chi connectivity index (χ4v) is 3.25. The summed E-state index contributed by atoms with van der Waals surface area (Å²) in [4.78, 5) is 0. The molecule has 0 aliphatic carbocycles. The molecule has 0 heterocycles. The fourth-order valence-electron chi connectivity index (χ4n) is 2.27. The van der Waals surface area contributed by atoms with Crippen LogP contribution in [0.5, 0.6) is 5.75 Å². The quantitative estimate of drug-likeness (QED) is 0.574. The van der Waals surface area contributed by atoms with Gasteiger partial charge in [0, 0.05) is 9.80 Å². The van der Waals surface area contributed by atoms with Gasteiger partial charge in [0.25, 0.3) is 0 Å². The standard InChI is InChI=1S/C17H17Br2FO/c1-21-16-6-2-12(3-7-16)8-13(11-18)9-14-4-5-15(20)10-17(14)19/h2-7,10,13H,8-9,11H2,1H3. The van der Waals surface area contributed by atoms with Crippen LogP contribution in [0.2, 0.25) is 0 Å². The highest BCUT2D eigenvalue weighted by Gasteiger charge is 2.12. The average molecular weight is 416 g/mol. The molecule has 0 aromatic heterocycles. The molecule has 2 aromatic carbocycles. The predicted molar refractivity (Wildman–Crippen MR) is 91.8 cm³/mol. The Morgan fingerprint density at radius 1 is 1.10 bits per heavy atom. The minimum Gasteiger partial charge on any atom is -0.497 e. The first-order valence-corrected chi connectivity index (χ1v) is 8.66. The van der Waals surface area contributed by atoms with Gasteiger partial charge in [-0.15, -0.1) is 0 Å². The van der Waals surface area contributed by atoms with Gasteiger partial charge in [0.1, 0.15) is 11.6 Å². The third kappa shape index (κ3) is 4.82. The van der Waals surface area contributed by atoms with E-state index in [0.717, 1.165) is 34.0 Å². The zero-order valence-corrected chi connectivity index (χ0v) is 15.0. The van der Waals surface area contributed by atoms with Crippen LogP contribution in [-0.4, -0.2) is 12.4 Å². The Balaban J connectivity index is 2.05. The first kappa shape index (κ1) is 16.5. The van der Waals surface area contributed by atoms with Crippen molar-refractivity contribution < 1.29 is 9.13 Å². The molecule has 0 N–H and O–H groups in total. The number of alkyl halides is 1. The fraction of sp³-hybridized carbons (Fsp3) is 0.294. The minimum atomic E-state index is -0.212. The Kier molecular flexibility index (Phi) is 6.24. The summed E-state index contributed by atoms with van der Waals surface area (Å²) in [7, 11) is 1.67. The van der Waals surface area contributed by atoms with Gasteiger partial charge < -0.3 is 4.74 Å². The summed E-state index contributed by atoms with van der Waals surface area (Å²) >= 11 is 7.02. The van der Waals surface area contributed by atoms with Crippen LogP contribution in [-0.2, 0) is 12.8 Å². The number of hydrogen-bond donors (Lipinski definition) is 0. The Morgan fingerprint density at radius 3 is 2.38 bits per heavy atom. The predicted octanol–water partition coefficient (Wildman–Crippen LogP) is 5.39. The highest BCUT2D eigenvalue weighted by atomic mass is 79.9. The molecule has 0 saturated heterocycles. The Morgan fingerprint density at radius 2 is 1.81 bits per heavy atom. The Labute approximate surface area is 141 Å². The van der Waals surface area contributed by atoms with E-state index in [1.54, 1.807) is 7.11 Å². The van der Waals surface area contributed by atoms with E-state index >= 15 is 0 Å². The van der Waals surface area contributed by atoms with E-state index in [9.17, 15) is 4.39 Å². The SMILES string of the molecule is COc1ccc(CC(CBr)Cc2ccc(F)cc2Br)cc1. The van der Waals surface area contributed by atoms with Crippen LogP contribution in [0.3, 0.4) is 0 Å². The lowest BCUT2D eigenvalue weighted by Gasteiger charge is -2.15. The highest BCUT2D eigenvalue weighted by Crippen LogP contribution is 2.24. The summed E-state index contributed by atoms with van der Waals surface area (Å²) in [6.45, 7) is 0. The molecule has 0 spiro atoms. The van der Waals surface area contributed by atoms with E-state index < -0.39 is 0 Å². The zero-order valence-electron chi connectivity index (χ0n) is 11.8. The van der Waals surface area contributed by atoms with E-state index in [2.05, 4.69) is 44.0 Å². The van der Waals surface area contributed by atoms with Gasteiger partial charge in [-0.2, -0.15) is 0 Å². The average Bonchev–Trinajstić information content (AvgIpc) is 2.49. The lowest BCUT2D eigenvalue weighted by Crippen LogP contribution is -2.10. The molecule has 2 aromatic rings. The topological polar surface area (TPSA) is 9.23 Å². The van der Waals surface area contributed by atoms with Gasteiger partial charge in [-0.1, -0.05) is 50.1 Å². The number of hydrogen-bond acceptors (Lipinski definition) is 1. The summed E-state index contributed by atoms with van der Waals surface area (Å²) in [6.07, 6.45) is 1.87. The van der Waals surface area contributed by atoms with Gasteiger partial charge in [0.2, 0.25) is 0 Å². The molecule has 0 saturated carbocycles. The van der Waals surface area contributed by atoms with Crippen molar-refractivity contribution in [2.45, 2.75) is 12.8 Å². The third-order valence-corrected chi connectivity index (χ3v) is 5.08. The van der Waals surface area contributed by atoms with Crippen molar-refractivity contribution in [2.75, 3.05) is 12.4 Å². The summed E-state index contributed by atoms with van der Waals surface area (Å²) in [6, 6.07) is 13.0. The van der Waals surface area contributed by atoms with Crippen LogP contribution in [0, 0.1) is 11.7 Å².